The van der Waals surface area contributed by atoms with Gasteiger partial charge in [0.25, 0.3) is 12.4 Å². The number of nitro groups is 1. The molecule has 0 bridgehead atoms. The minimum atomic E-state index is -0.771. The third-order valence-electron chi connectivity index (χ3n) is 1.97. The fraction of sp³-hybridized carbons (Fsp3) is 0.750. The zero-order valence-electron chi connectivity index (χ0n) is 9.59. The second-order valence-corrected chi connectivity index (χ2v) is 3.19. The highest BCUT2D eigenvalue weighted by Crippen LogP contribution is 1.97. The van der Waals surface area contributed by atoms with Crippen molar-refractivity contribution in [3.63, 3.8) is 0 Å². The van der Waals surface area contributed by atoms with Gasteiger partial charge in [0.15, 0.2) is 5.03 Å². The van der Waals surface area contributed by atoms with E-state index in [4.69, 9.17) is 5.73 Å². The van der Waals surface area contributed by atoms with E-state index in [0.29, 0.717) is 19.4 Å². The predicted molar refractivity (Wildman–Crippen MR) is 60.7 cm³/mol. The van der Waals surface area contributed by atoms with Crippen LogP contribution in [0.1, 0.15) is 12.8 Å². The number of nitrogens with zero attached hydrogens (tertiary/aromatic N) is 2. The van der Waals surface area contributed by atoms with Crippen LogP contribution in [-0.2, 0) is 9.53 Å². The van der Waals surface area contributed by atoms with E-state index in [-0.39, 0.29) is 18.6 Å². The summed E-state index contributed by atoms with van der Waals surface area (Å²) in [7, 11) is 1.75. The zero-order chi connectivity index (χ0) is 13.1. The number of hydrogen-bond acceptors (Lipinski definition) is 6. The van der Waals surface area contributed by atoms with Gasteiger partial charge in [0.2, 0.25) is 0 Å². The lowest BCUT2D eigenvalue weighted by molar-refractivity contribution is -0.525. The summed E-state index contributed by atoms with van der Waals surface area (Å²) in [6.45, 7) is 1.04. The van der Waals surface area contributed by atoms with Crippen LogP contribution in [0.2, 0.25) is 0 Å². The molecular weight excluding hydrogens is 230 g/mol. The molecule has 0 saturated carbocycles. The number of likely N-dealkylation sites (N-methyl/N-ethyl adjacent to an activating group) is 1. The topological polar surface area (TPSA) is 132 Å². The fourth-order valence-corrected chi connectivity index (χ4v) is 1.13. The molecule has 0 heterocycles. The molecule has 4 N–H and O–H groups in total. The van der Waals surface area contributed by atoms with Crippen molar-refractivity contribution in [2.75, 3.05) is 20.2 Å². The summed E-state index contributed by atoms with van der Waals surface area (Å²) in [5.74, 6) is -0.222. The van der Waals surface area contributed by atoms with Gasteiger partial charge in [0.05, 0.1) is 0 Å². The normalized spacial score (nSPS) is 12.9. The molecule has 0 aliphatic rings. The Morgan fingerprint density at radius 2 is 2.41 bits per heavy atom. The van der Waals surface area contributed by atoms with Crippen molar-refractivity contribution in [2.24, 2.45) is 10.7 Å². The number of aliphatic imine (C=N–C) groups is 1. The van der Waals surface area contributed by atoms with Crippen LogP contribution in [-0.4, -0.2) is 43.7 Å². The molecule has 0 unspecified atom stereocenters. The Morgan fingerprint density at radius 3 is 2.94 bits per heavy atom. The SMILES string of the molecule is CN[C@@H](CCCN=C(N)N[N+](=O)[O-])COC=O. The summed E-state index contributed by atoms with van der Waals surface area (Å²) in [4.78, 5) is 23.7. The summed E-state index contributed by atoms with van der Waals surface area (Å²) < 4.78 is 4.61. The van der Waals surface area contributed by atoms with Crippen LogP contribution in [0.4, 0.5) is 0 Å². The van der Waals surface area contributed by atoms with E-state index in [0.717, 1.165) is 6.42 Å². The highest BCUT2D eigenvalue weighted by Gasteiger charge is 2.05. The van der Waals surface area contributed by atoms with Gasteiger partial charge in [0, 0.05) is 12.6 Å². The Labute approximate surface area is 98.5 Å². The highest BCUT2D eigenvalue weighted by molar-refractivity contribution is 5.76. The molecule has 98 valence electrons. The van der Waals surface area contributed by atoms with Crippen molar-refractivity contribution >= 4 is 12.4 Å². The lowest BCUT2D eigenvalue weighted by Gasteiger charge is -2.13. The van der Waals surface area contributed by atoms with Gasteiger partial charge in [-0.15, -0.1) is 0 Å². The second kappa shape index (κ2) is 9.33. The Kier molecular flexibility index (Phi) is 8.29. The molecular formula is C8H17N5O4. The van der Waals surface area contributed by atoms with Crippen LogP contribution < -0.4 is 16.5 Å². The first-order valence-corrected chi connectivity index (χ1v) is 5.03. The van der Waals surface area contributed by atoms with Crippen molar-refractivity contribution < 1.29 is 14.6 Å². The number of carbonyl (C=O) groups excluding carboxylic acids is 1. The van der Waals surface area contributed by atoms with Crippen molar-refractivity contribution in [2.45, 2.75) is 18.9 Å². The number of nitrogens with one attached hydrogen (secondary N) is 2. The summed E-state index contributed by atoms with van der Waals surface area (Å²) >= 11 is 0. The lowest BCUT2D eigenvalue weighted by Crippen LogP contribution is -2.36. The highest BCUT2D eigenvalue weighted by atomic mass is 16.7. The monoisotopic (exact) mass is 247 g/mol. The first kappa shape index (κ1) is 15.1. The molecule has 9 nitrogen and oxygen atoms in total. The number of rotatable bonds is 9. The van der Waals surface area contributed by atoms with E-state index in [9.17, 15) is 14.9 Å². The molecule has 1 atom stereocenters. The predicted octanol–water partition coefficient (Wildman–Crippen LogP) is -1.38. The quantitative estimate of drug-likeness (QED) is 0.114. The molecule has 0 radical (unpaired) electrons. The van der Waals surface area contributed by atoms with Crippen molar-refractivity contribution in [1.29, 1.82) is 0 Å². The minimum Gasteiger partial charge on any atom is -0.466 e. The third kappa shape index (κ3) is 9.05. The van der Waals surface area contributed by atoms with Crippen LogP contribution in [0.15, 0.2) is 4.99 Å². The van der Waals surface area contributed by atoms with E-state index in [1.807, 2.05) is 0 Å². The van der Waals surface area contributed by atoms with Crippen LogP contribution in [0.25, 0.3) is 0 Å². The Bertz CT molecular complexity index is 271. The first-order chi connectivity index (χ1) is 8.10. The average Bonchev–Trinajstić information content (AvgIpc) is 2.27. The largest absolute Gasteiger partial charge is 0.466 e. The maximum absolute atomic E-state index is 9.99. The van der Waals surface area contributed by atoms with Crippen LogP contribution >= 0.6 is 0 Å². The maximum atomic E-state index is 9.99. The standard InChI is InChI=1S/C8H17N5O4/c1-10-7(5-17-6-14)3-2-4-11-8(9)12-13(15)16/h6-7,10H,2-5H2,1H3,(H3,9,11,12)/t7-/m0/s1. The van der Waals surface area contributed by atoms with Crippen LogP contribution in [0, 0.1) is 10.1 Å². The van der Waals surface area contributed by atoms with E-state index < -0.39 is 5.03 Å². The lowest BCUT2D eigenvalue weighted by atomic mass is 10.2. The molecule has 0 aliphatic carbocycles. The number of hydrazine groups is 1. The number of guanidine groups is 1. The Morgan fingerprint density at radius 1 is 1.71 bits per heavy atom. The van der Waals surface area contributed by atoms with Gasteiger partial charge in [-0.25, -0.2) is 15.1 Å². The molecule has 17 heavy (non-hydrogen) atoms. The zero-order valence-corrected chi connectivity index (χ0v) is 9.59. The summed E-state index contributed by atoms with van der Waals surface area (Å²) in [6, 6.07) is 0.0418. The Hall–Kier alpha value is -1.90. The first-order valence-electron chi connectivity index (χ1n) is 5.03. The molecule has 0 amide bonds. The average molecular weight is 247 g/mol. The number of hydrogen-bond donors (Lipinski definition) is 3. The van der Waals surface area contributed by atoms with Crippen LogP contribution in [0.3, 0.4) is 0 Å². The molecule has 0 aromatic heterocycles. The third-order valence-corrected chi connectivity index (χ3v) is 1.97. The van der Waals surface area contributed by atoms with E-state index in [2.05, 4.69) is 15.0 Å². The van der Waals surface area contributed by atoms with E-state index in [1.165, 1.54) is 0 Å². The molecule has 0 saturated heterocycles. The minimum absolute atomic E-state index is 0.0418. The van der Waals surface area contributed by atoms with Gasteiger partial charge < -0.3 is 15.8 Å². The maximum Gasteiger partial charge on any atom is 0.293 e. The smallest absolute Gasteiger partial charge is 0.293 e. The molecule has 0 aromatic rings. The number of nitrogens with two attached hydrogens (primary N) is 1. The van der Waals surface area contributed by atoms with Gasteiger partial charge in [-0.1, -0.05) is 5.43 Å². The summed E-state index contributed by atoms with van der Waals surface area (Å²) in [5.41, 5.74) is 6.96. The van der Waals surface area contributed by atoms with Gasteiger partial charge in [-0.3, -0.25) is 4.79 Å². The molecule has 0 spiro atoms. The summed E-state index contributed by atoms with van der Waals surface area (Å²) in [6.07, 6.45) is 1.40. The van der Waals surface area contributed by atoms with Crippen molar-refractivity contribution in [3.05, 3.63) is 10.1 Å². The molecule has 0 fully saturated rings. The van der Waals surface area contributed by atoms with Crippen molar-refractivity contribution in [3.8, 4) is 0 Å². The molecule has 0 aliphatic heterocycles. The van der Waals surface area contributed by atoms with Gasteiger partial charge >= 0.3 is 0 Å². The second-order valence-electron chi connectivity index (χ2n) is 3.19. The molecule has 0 rings (SSSR count). The fourth-order valence-electron chi connectivity index (χ4n) is 1.13. The van der Waals surface area contributed by atoms with Gasteiger partial charge in [-0.05, 0) is 19.9 Å². The summed E-state index contributed by atoms with van der Waals surface area (Å²) in [5, 5.41) is 12.2. The number of carbonyl (C=O) groups is 1. The van der Waals surface area contributed by atoms with Crippen LogP contribution in [0.5, 0.6) is 0 Å². The van der Waals surface area contributed by atoms with E-state index >= 15 is 0 Å². The Balaban J connectivity index is 3.73. The number of ether oxygens (including phenoxy) is 1. The molecule has 0 aromatic carbocycles. The van der Waals surface area contributed by atoms with Gasteiger partial charge in [0.1, 0.15) is 6.61 Å². The van der Waals surface area contributed by atoms with E-state index in [1.54, 1.807) is 12.5 Å². The molecule has 9 heteroatoms. The van der Waals surface area contributed by atoms with Crippen molar-refractivity contribution in [1.82, 2.24) is 10.7 Å². The van der Waals surface area contributed by atoms with Gasteiger partial charge in [-0.2, -0.15) is 0 Å².